The summed E-state index contributed by atoms with van der Waals surface area (Å²) in [7, 11) is -5.81. The predicted octanol–water partition coefficient (Wildman–Crippen LogP) is 1.25. The number of rotatable bonds is 6. The number of hydrogen-bond acceptors (Lipinski definition) is 6. The first kappa shape index (κ1) is 19.2. The molecule has 1 N–H and O–H groups in total. The molecule has 2 atom stereocenters. The highest BCUT2D eigenvalue weighted by atomic mass is 32.2. The Morgan fingerprint density at radius 1 is 1.21 bits per heavy atom. The van der Waals surface area contributed by atoms with Crippen molar-refractivity contribution in [3.63, 3.8) is 0 Å². The van der Waals surface area contributed by atoms with Gasteiger partial charge in [0.25, 0.3) is 0 Å². The Bertz CT molecular complexity index is 815. The monoisotopic (exact) mass is 375 g/mol. The Labute approximate surface area is 144 Å². The summed E-state index contributed by atoms with van der Waals surface area (Å²) in [6.07, 6.45) is 0.802. The lowest BCUT2D eigenvalue weighted by Crippen LogP contribution is -2.43. The fourth-order valence-corrected chi connectivity index (χ4v) is 7.89. The summed E-state index contributed by atoms with van der Waals surface area (Å²) in [5.41, 5.74) is 1.75. The van der Waals surface area contributed by atoms with Crippen LogP contribution in [0, 0.1) is 13.8 Å². The van der Waals surface area contributed by atoms with Gasteiger partial charge >= 0.3 is 0 Å². The Balaban J connectivity index is 2.51. The second-order valence-electron chi connectivity index (χ2n) is 6.31. The van der Waals surface area contributed by atoms with Gasteiger partial charge in [-0.05, 0) is 50.1 Å². The molecule has 2 rings (SSSR count). The molecule has 0 unspecified atom stereocenters. The van der Waals surface area contributed by atoms with Gasteiger partial charge in [0.2, 0.25) is 0 Å². The lowest BCUT2D eigenvalue weighted by atomic mass is 10.1. The molecule has 1 fully saturated rings. The third kappa shape index (κ3) is 3.75. The highest BCUT2D eigenvalue weighted by molar-refractivity contribution is 7.96. The van der Waals surface area contributed by atoms with Crippen molar-refractivity contribution >= 4 is 19.7 Å². The zero-order chi connectivity index (χ0) is 18.1. The maximum Gasteiger partial charge on any atom is 0.187 e. The Hall–Kier alpha value is -1.12. The van der Waals surface area contributed by atoms with Crippen LogP contribution in [0.1, 0.15) is 24.5 Å². The van der Waals surface area contributed by atoms with Crippen molar-refractivity contribution in [2.24, 2.45) is 0 Å². The second-order valence-corrected chi connectivity index (χ2v) is 10.6. The summed E-state index contributed by atoms with van der Waals surface area (Å²) in [5.74, 6) is -0.242. The standard InChI is InChI=1S/C16H25NO5S2/c1-5-6-17-13-9-23(18,19)10-16(13)24(20,21)15-8-12(3)11(2)7-14(15)22-4/h7-8,13,16-17H,5-6,9-10H2,1-4H3/t13-,16-/m0/s1. The smallest absolute Gasteiger partial charge is 0.187 e. The van der Waals surface area contributed by atoms with Gasteiger partial charge in [0, 0.05) is 6.04 Å². The molecule has 1 heterocycles. The van der Waals surface area contributed by atoms with Gasteiger partial charge in [0.05, 0.1) is 23.9 Å². The van der Waals surface area contributed by atoms with Crippen LogP contribution in [0.2, 0.25) is 0 Å². The molecule has 136 valence electrons. The van der Waals surface area contributed by atoms with E-state index in [4.69, 9.17) is 4.74 Å². The second kappa shape index (κ2) is 7.01. The van der Waals surface area contributed by atoms with Crippen LogP contribution < -0.4 is 10.1 Å². The van der Waals surface area contributed by atoms with Crippen LogP contribution >= 0.6 is 0 Å². The molecule has 1 aromatic rings. The van der Waals surface area contributed by atoms with Gasteiger partial charge in [-0.1, -0.05) is 6.92 Å². The zero-order valence-electron chi connectivity index (χ0n) is 14.5. The normalized spacial score (nSPS) is 23.3. The summed E-state index contributed by atoms with van der Waals surface area (Å²) in [4.78, 5) is 0.0681. The van der Waals surface area contributed by atoms with E-state index in [-0.39, 0.29) is 22.2 Å². The van der Waals surface area contributed by atoms with Gasteiger partial charge < -0.3 is 10.1 Å². The SMILES string of the molecule is CCCN[C@H]1CS(=O)(=O)C[C@@H]1S(=O)(=O)c1cc(C)c(C)cc1OC. The minimum atomic E-state index is -3.84. The van der Waals surface area contributed by atoms with Crippen LogP contribution in [-0.2, 0) is 19.7 Å². The van der Waals surface area contributed by atoms with Crippen LogP contribution in [0.15, 0.2) is 17.0 Å². The third-order valence-electron chi connectivity index (χ3n) is 4.44. The topological polar surface area (TPSA) is 89.5 Å². The summed E-state index contributed by atoms with van der Waals surface area (Å²) in [5, 5.41) is 2.08. The first-order valence-electron chi connectivity index (χ1n) is 7.95. The number of nitrogens with one attached hydrogen (secondary N) is 1. The molecule has 0 aromatic heterocycles. The number of hydrogen-bond donors (Lipinski definition) is 1. The van der Waals surface area contributed by atoms with Crippen molar-refractivity contribution in [3.8, 4) is 5.75 Å². The van der Waals surface area contributed by atoms with E-state index >= 15 is 0 Å². The zero-order valence-corrected chi connectivity index (χ0v) is 16.1. The molecule has 0 bridgehead atoms. The molecular weight excluding hydrogens is 350 g/mol. The number of ether oxygens (including phenoxy) is 1. The quantitative estimate of drug-likeness (QED) is 0.805. The molecular formula is C16H25NO5S2. The van der Waals surface area contributed by atoms with Crippen LogP contribution in [0.25, 0.3) is 0 Å². The van der Waals surface area contributed by atoms with Crippen molar-refractivity contribution in [2.75, 3.05) is 25.2 Å². The summed E-state index contributed by atoms with van der Waals surface area (Å²) in [6.45, 7) is 6.23. The Kier molecular flexibility index (Phi) is 5.61. The average Bonchev–Trinajstić information content (AvgIpc) is 2.83. The molecule has 0 spiro atoms. The van der Waals surface area contributed by atoms with Gasteiger partial charge in [-0.3, -0.25) is 0 Å². The van der Waals surface area contributed by atoms with E-state index in [1.807, 2.05) is 20.8 Å². The van der Waals surface area contributed by atoms with Crippen molar-refractivity contribution < 1.29 is 21.6 Å². The first-order valence-corrected chi connectivity index (χ1v) is 11.3. The molecule has 6 nitrogen and oxygen atoms in total. The minimum Gasteiger partial charge on any atom is -0.495 e. The molecule has 0 aliphatic carbocycles. The van der Waals surface area contributed by atoms with Crippen molar-refractivity contribution in [1.29, 1.82) is 0 Å². The highest BCUT2D eigenvalue weighted by Crippen LogP contribution is 2.33. The van der Waals surface area contributed by atoms with E-state index in [2.05, 4.69) is 5.32 Å². The lowest BCUT2D eigenvalue weighted by Gasteiger charge is -2.21. The molecule has 1 aliphatic rings. The largest absolute Gasteiger partial charge is 0.495 e. The van der Waals surface area contributed by atoms with Crippen LogP contribution in [-0.4, -0.2) is 53.3 Å². The van der Waals surface area contributed by atoms with Gasteiger partial charge in [0.15, 0.2) is 19.7 Å². The summed E-state index contributed by atoms with van der Waals surface area (Å²) >= 11 is 0. The van der Waals surface area contributed by atoms with Gasteiger partial charge in [-0.15, -0.1) is 0 Å². The average molecular weight is 376 g/mol. The van der Waals surface area contributed by atoms with Crippen molar-refractivity contribution in [2.45, 2.75) is 43.4 Å². The maximum absolute atomic E-state index is 13.2. The molecule has 0 amide bonds. The fraction of sp³-hybridized carbons (Fsp3) is 0.625. The van der Waals surface area contributed by atoms with Crippen LogP contribution in [0.4, 0.5) is 0 Å². The van der Waals surface area contributed by atoms with Gasteiger partial charge in [-0.25, -0.2) is 16.8 Å². The maximum atomic E-state index is 13.2. The van der Waals surface area contributed by atoms with E-state index in [0.29, 0.717) is 6.54 Å². The molecule has 8 heteroatoms. The number of sulfone groups is 2. The number of aryl methyl sites for hydroxylation is 2. The summed E-state index contributed by atoms with van der Waals surface area (Å²) in [6, 6.07) is 2.66. The highest BCUT2D eigenvalue weighted by Gasteiger charge is 2.46. The first-order chi connectivity index (χ1) is 11.1. The van der Waals surface area contributed by atoms with Crippen LogP contribution in [0.5, 0.6) is 5.75 Å². The lowest BCUT2D eigenvalue weighted by molar-refractivity contribution is 0.401. The Morgan fingerprint density at radius 2 is 1.83 bits per heavy atom. The molecule has 1 saturated heterocycles. The molecule has 1 aliphatic heterocycles. The molecule has 0 saturated carbocycles. The molecule has 1 aromatic carbocycles. The van der Waals surface area contributed by atoms with Crippen molar-refractivity contribution in [1.82, 2.24) is 5.32 Å². The van der Waals surface area contributed by atoms with E-state index in [1.165, 1.54) is 7.11 Å². The third-order valence-corrected chi connectivity index (χ3v) is 8.61. The molecule has 24 heavy (non-hydrogen) atoms. The fourth-order valence-electron chi connectivity index (χ4n) is 2.95. The van der Waals surface area contributed by atoms with Crippen LogP contribution in [0.3, 0.4) is 0 Å². The van der Waals surface area contributed by atoms with Crippen molar-refractivity contribution in [3.05, 3.63) is 23.3 Å². The molecule has 0 radical (unpaired) electrons. The van der Waals surface area contributed by atoms with Gasteiger partial charge in [-0.2, -0.15) is 0 Å². The summed E-state index contributed by atoms with van der Waals surface area (Å²) < 4.78 is 55.6. The van der Waals surface area contributed by atoms with E-state index in [1.54, 1.807) is 12.1 Å². The number of benzene rings is 1. The minimum absolute atomic E-state index is 0.0681. The van der Waals surface area contributed by atoms with E-state index < -0.39 is 31.0 Å². The predicted molar refractivity (Wildman–Crippen MR) is 94.2 cm³/mol. The van der Waals surface area contributed by atoms with Gasteiger partial charge in [0.1, 0.15) is 10.6 Å². The Morgan fingerprint density at radius 3 is 2.42 bits per heavy atom. The van der Waals surface area contributed by atoms with E-state index in [0.717, 1.165) is 17.5 Å². The van der Waals surface area contributed by atoms with E-state index in [9.17, 15) is 16.8 Å². The number of methoxy groups -OCH3 is 1.